The molecule has 8 heteroatoms. The second kappa shape index (κ2) is 9.15. The predicted molar refractivity (Wildman–Crippen MR) is 133 cm³/mol. The Morgan fingerprint density at radius 1 is 1.03 bits per heavy atom. The summed E-state index contributed by atoms with van der Waals surface area (Å²) < 4.78 is 13.5. The maximum absolute atomic E-state index is 13.5. The average Bonchev–Trinajstić information content (AvgIpc) is 3.21. The van der Waals surface area contributed by atoms with Crippen molar-refractivity contribution in [3.63, 3.8) is 0 Å². The van der Waals surface area contributed by atoms with Crippen LogP contribution in [0.25, 0.3) is 10.9 Å². The maximum Gasteiger partial charge on any atom is 0.273 e. The van der Waals surface area contributed by atoms with Gasteiger partial charge in [0.2, 0.25) is 0 Å². The van der Waals surface area contributed by atoms with E-state index >= 15 is 0 Å². The first-order valence-corrected chi connectivity index (χ1v) is 11.3. The van der Waals surface area contributed by atoms with Crippen LogP contribution >= 0.6 is 0 Å². The third-order valence-electron chi connectivity index (χ3n) is 6.31. The van der Waals surface area contributed by atoms with Crippen molar-refractivity contribution in [3.05, 3.63) is 89.4 Å². The first-order valence-electron chi connectivity index (χ1n) is 11.3. The standard InChI is InChI=1S/C26H27FN6O/c1-31-10-12-32(13-11-31)24-7-3-6-22(25(24)28)26(34)30-33-23-9-8-19(15-20(23)17-29-33)14-18-4-2-5-21(27)16-18/h2-9,15-17H,10-14,28H2,1H3,(H,30,34). The second-order valence-electron chi connectivity index (χ2n) is 8.73. The number of hydrogen-bond acceptors (Lipinski definition) is 5. The molecule has 3 aromatic carbocycles. The number of halogens is 1. The van der Waals surface area contributed by atoms with Gasteiger partial charge in [-0.1, -0.05) is 24.3 Å². The molecule has 174 valence electrons. The number of aromatic nitrogens is 2. The van der Waals surface area contributed by atoms with E-state index in [-0.39, 0.29) is 11.7 Å². The number of benzene rings is 3. The molecule has 0 spiro atoms. The monoisotopic (exact) mass is 458 g/mol. The number of nitrogens with two attached hydrogens (primary N) is 1. The molecule has 0 unspecified atom stereocenters. The van der Waals surface area contributed by atoms with E-state index in [2.05, 4.69) is 27.4 Å². The SMILES string of the molecule is CN1CCN(c2cccc(C(=O)Nn3ncc4cc(Cc5cccc(F)c5)ccc43)c2N)CC1. The summed E-state index contributed by atoms with van der Waals surface area (Å²) in [6, 6.07) is 18.0. The number of likely N-dealkylation sites (N-methyl/N-ethyl adjacent to an activating group) is 1. The minimum Gasteiger partial charge on any atom is -0.396 e. The van der Waals surface area contributed by atoms with Crippen molar-refractivity contribution < 1.29 is 9.18 Å². The molecule has 0 bridgehead atoms. The number of hydrogen-bond donors (Lipinski definition) is 2. The lowest BCUT2D eigenvalue weighted by atomic mass is 10.0. The Morgan fingerprint density at radius 2 is 1.79 bits per heavy atom. The minimum absolute atomic E-state index is 0.245. The van der Waals surface area contributed by atoms with Gasteiger partial charge in [0, 0.05) is 31.6 Å². The van der Waals surface area contributed by atoms with Gasteiger partial charge in [-0.25, -0.2) is 9.82 Å². The lowest BCUT2D eigenvalue weighted by Crippen LogP contribution is -2.44. The van der Waals surface area contributed by atoms with Crippen molar-refractivity contribution in [2.75, 3.05) is 49.3 Å². The zero-order chi connectivity index (χ0) is 23.7. The number of para-hydroxylation sites is 1. The number of anilines is 2. The smallest absolute Gasteiger partial charge is 0.273 e. The molecule has 3 N–H and O–H groups in total. The maximum atomic E-state index is 13.5. The molecule has 1 aliphatic rings. The van der Waals surface area contributed by atoms with Gasteiger partial charge in [0.25, 0.3) is 5.91 Å². The van der Waals surface area contributed by atoms with Gasteiger partial charge in [0.15, 0.2) is 0 Å². The summed E-state index contributed by atoms with van der Waals surface area (Å²) in [5.41, 5.74) is 13.7. The fourth-order valence-corrected chi connectivity index (χ4v) is 4.39. The van der Waals surface area contributed by atoms with Crippen LogP contribution in [0.2, 0.25) is 0 Å². The molecular formula is C26H27FN6O. The van der Waals surface area contributed by atoms with E-state index < -0.39 is 0 Å². The van der Waals surface area contributed by atoms with E-state index in [1.807, 2.05) is 36.4 Å². The van der Waals surface area contributed by atoms with Gasteiger partial charge in [0.05, 0.1) is 28.7 Å². The van der Waals surface area contributed by atoms with Crippen LogP contribution < -0.4 is 16.1 Å². The van der Waals surface area contributed by atoms with E-state index in [1.54, 1.807) is 18.3 Å². The van der Waals surface area contributed by atoms with E-state index in [0.29, 0.717) is 17.7 Å². The zero-order valence-electron chi connectivity index (χ0n) is 19.0. The minimum atomic E-state index is -0.317. The number of carbonyl (C=O) groups is 1. The number of fused-ring (bicyclic) bond motifs is 1. The van der Waals surface area contributed by atoms with Gasteiger partial charge in [-0.2, -0.15) is 9.89 Å². The number of piperazine rings is 1. The molecule has 2 heterocycles. The Hall–Kier alpha value is -3.91. The van der Waals surface area contributed by atoms with Crippen LogP contribution in [0.15, 0.2) is 66.9 Å². The van der Waals surface area contributed by atoms with Crippen molar-refractivity contribution >= 4 is 28.2 Å². The number of nitrogens with one attached hydrogen (secondary N) is 1. The molecule has 7 nitrogen and oxygen atoms in total. The molecular weight excluding hydrogens is 431 g/mol. The third-order valence-corrected chi connectivity index (χ3v) is 6.31. The first-order chi connectivity index (χ1) is 16.5. The molecule has 0 radical (unpaired) electrons. The highest BCUT2D eigenvalue weighted by molar-refractivity contribution is 6.06. The molecule has 5 rings (SSSR count). The van der Waals surface area contributed by atoms with E-state index in [1.165, 1.54) is 16.9 Å². The lowest BCUT2D eigenvalue weighted by molar-refractivity contribution is 0.101. The van der Waals surface area contributed by atoms with Crippen LogP contribution in [0.5, 0.6) is 0 Å². The molecule has 0 atom stereocenters. The fourth-order valence-electron chi connectivity index (χ4n) is 4.39. The number of rotatable bonds is 5. The summed E-state index contributed by atoms with van der Waals surface area (Å²) in [5, 5.41) is 5.22. The van der Waals surface area contributed by atoms with Crippen molar-refractivity contribution in [3.8, 4) is 0 Å². The Morgan fingerprint density at radius 3 is 2.59 bits per heavy atom. The van der Waals surface area contributed by atoms with Crippen LogP contribution in [-0.2, 0) is 6.42 Å². The molecule has 0 aliphatic carbocycles. The number of nitrogens with zero attached hydrogens (tertiary/aromatic N) is 4. The normalized spacial score (nSPS) is 14.5. The van der Waals surface area contributed by atoms with Crippen molar-refractivity contribution in [2.45, 2.75) is 6.42 Å². The van der Waals surface area contributed by atoms with Gasteiger partial charge in [0.1, 0.15) is 5.82 Å². The third kappa shape index (κ3) is 4.45. The van der Waals surface area contributed by atoms with E-state index in [9.17, 15) is 9.18 Å². The van der Waals surface area contributed by atoms with Crippen LogP contribution in [0.1, 0.15) is 21.5 Å². The van der Waals surface area contributed by atoms with Crippen LogP contribution in [0.4, 0.5) is 15.8 Å². The summed E-state index contributed by atoms with van der Waals surface area (Å²) in [6.07, 6.45) is 2.32. The van der Waals surface area contributed by atoms with Gasteiger partial charge in [-0.3, -0.25) is 4.79 Å². The Labute approximate surface area is 197 Å². The molecule has 1 fully saturated rings. The van der Waals surface area contributed by atoms with Crippen molar-refractivity contribution in [1.29, 1.82) is 0 Å². The van der Waals surface area contributed by atoms with Gasteiger partial charge >= 0.3 is 0 Å². The molecule has 1 aliphatic heterocycles. The van der Waals surface area contributed by atoms with Gasteiger partial charge in [-0.15, -0.1) is 0 Å². The Bertz CT molecular complexity index is 1340. The summed E-state index contributed by atoms with van der Waals surface area (Å²) in [7, 11) is 2.10. The summed E-state index contributed by atoms with van der Waals surface area (Å²) in [6.45, 7) is 3.65. The van der Waals surface area contributed by atoms with Crippen LogP contribution in [0.3, 0.4) is 0 Å². The molecule has 1 aromatic heterocycles. The zero-order valence-corrected chi connectivity index (χ0v) is 19.0. The average molecular weight is 459 g/mol. The van der Waals surface area contributed by atoms with Gasteiger partial charge < -0.3 is 15.5 Å². The van der Waals surface area contributed by atoms with Crippen LogP contribution in [0, 0.1) is 5.82 Å². The highest BCUT2D eigenvalue weighted by atomic mass is 19.1. The molecule has 1 saturated heterocycles. The quantitative estimate of drug-likeness (QED) is 0.448. The Kier molecular flexibility index (Phi) is 5.90. The number of carbonyl (C=O) groups excluding carboxylic acids is 1. The molecule has 1 amide bonds. The number of amides is 1. The lowest BCUT2D eigenvalue weighted by Gasteiger charge is -2.35. The molecule has 0 saturated carbocycles. The van der Waals surface area contributed by atoms with E-state index in [0.717, 1.165) is 53.9 Å². The predicted octanol–water partition coefficient (Wildman–Crippen LogP) is 3.48. The van der Waals surface area contributed by atoms with Crippen molar-refractivity contribution in [2.24, 2.45) is 0 Å². The summed E-state index contributed by atoms with van der Waals surface area (Å²) >= 11 is 0. The topological polar surface area (TPSA) is 79.4 Å². The summed E-state index contributed by atoms with van der Waals surface area (Å²) in [4.78, 5) is 19.0. The highest BCUT2D eigenvalue weighted by Gasteiger charge is 2.20. The second-order valence-corrected chi connectivity index (χ2v) is 8.73. The first kappa shape index (κ1) is 21.9. The van der Waals surface area contributed by atoms with Crippen molar-refractivity contribution in [1.82, 2.24) is 14.8 Å². The van der Waals surface area contributed by atoms with Gasteiger partial charge in [-0.05, 0) is 61.0 Å². The number of nitrogen functional groups attached to an aromatic ring is 1. The largest absolute Gasteiger partial charge is 0.396 e. The summed E-state index contributed by atoms with van der Waals surface area (Å²) in [5.74, 6) is -0.563. The van der Waals surface area contributed by atoms with E-state index in [4.69, 9.17) is 5.73 Å². The highest BCUT2D eigenvalue weighted by Crippen LogP contribution is 2.28. The Balaban J connectivity index is 1.34. The van der Waals surface area contributed by atoms with Crippen LogP contribution in [-0.4, -0.2) is 53.9 Å². The fraction of sp³-hybridized carbons (Fsp3) is 0.231. The molecule has 4 aromatic rings. The molecule has 34 heavy (non-hydrogen) atoms.